The van der Waals surface area contributed by atoms with Gasteiger partial charge < -0.3 is 9.47 Å². The Kier molecular flexibility index (Phi) is 4.41. The van der Waals surface area contributed by atoms with Crippen molar-refractivity contribution in [1.82, 2.24) is 0 Å². The van der Waals surface area contributed by atoms with Crippen LogP contribution in [0.5, 0.6) is 0 Å². The second-order valence-corrected chi connectivity index (χ2v) is 2.92. The first-order valence-corrected chi connectivity index (χ1v) is 4.64. The van der Waals surface area contributed by atoms with Crippen LogP contribution in [0.4, 0.5) is 0 Å². The van der Waals surface area contributed by atoms with Gasteiger partial charge in [-0.1, -0.05) is 30.3 Å². The number of ether oxygens (including phenoxy) is 2. The summed E-state index contributed by atoms with van der Waals surface area (Å²) in [5.74, 6) is 0.404. The lowest BCUT2D eigenvalue weighted by molar-refractivity contribution is -0.139. The first-order chi connectivity index (χ1) is 7.27. The summed E-state index contributed by atoms with van der Waals surface area (Å²) in [6.45, 7) is 0. The molecule has 0 fully saturated rings. The molecule has 1 rings (SSSR count). The number of benzene rings is 1. The Bertz CT molecular complexity index is 341. The highest BCUT2D eigenvalue weighted by atomic mass is 16.5. The van der Waals surface area contributed by atoms with E-state index in [0.29, 0.717) is 5.76 Å². The number of esters is 1. The summed E-state index contributed by atoms with van der Waals surface area (Å²) < 4.78 is 9.73. The molecule has 0 unspecified atom stereocenters. The van der Waals surface area contributed by atoms with Gasteiger partial charge in [-0.3, -0.25) is 4.79 Å². The molecular formula is C12H14O3. The van der Waals surface area contributed by atoms with Crippen molar-refractivity contribution in [2.75, 3.05) is 14.2 Å². The summed E-state index contributed by atoms with van der Waals surface area (Å²) in [6.07, 6.45) is 1.93. The van der Waals surface area contributed by atoms with Crippen LogP contribution in [0.3, 0.4) is 0 Å². The van der Waals surface area contributed by atoms with Gasteiger partial charge in [-0.2, -0.15) is 0 Å². The van der Waals surface area contributed by atoms with E-state index in [9.17, 15) is 4.79 Å². The van der Waals surface area contributed by atoms with E-state index in [1.807, 2.05) is 30.3 Å². The van der Waals surface area contributed by atoms with E-state index in [4.69, 9.17) is 4.74 Å². The van der Waals surface area contributed by atoms with Gasteiger partial charge >= 0.3 is 5.97 Å². The molecule has 0 saturated heterocycles. The Morgan fingerprint density at radius 1 is 1.20 bits per heavy atom. The van der Waals surface area contributed by atoms with Crippen molar-refractivity contribution >= 4 is 11.7 Å². The van der Waals surface area contributed by atoms with Gasteiger partial charge in [-0.05, 0) is 6.08 Å². The zero-order valence-corrected chi connectivity index (χ0v) is 8.90. The lowest BCUT2D eigenvalue weighted by Crippen LogP contribution is -1.98. The monoisotopic (exact) mass is 206 g/mol. The van der Waals surface area contributed by atoms with E-state index >= 15 is 0 Å². The summed E-state index contributed by atoms with van der Waals surface area (Å²) in [5.41, 5.74) is 0.948. The molecule has 3 nitrogen and oxygen atoms in total. The van der Waals surface area contributed by atoms with Crippen LogP contribution in [0.2, 0.25) is 0 Å². The molecule has 0 heterocycles. The van der Waals surface area contributed by atoms with Crippen molar-refractivity contribution in [1.29, 1.82) is 0 Å². The van der Waals surface area contributed by atoms with E-state index in [1.165, 1.54) is 7.11 Å². The van der Waals surface area contributed by atoms with Crippen molar-refractivity contribution in [3.63, 3.8) is 0 Å². The summed E-state index contributed by atoms with van der Waals surface area (Å²) in [5, 5.41) is 0. The van der Waals surface area contributed by atoms with Crippen LogP contribution in [-0.2, 0) is 14.3 Å². The van der Waals surface area contributed by atoms with Gasteiger partial charge in [0.15, 0.2) is 0 Å². The quantitative estimate of drug-likeness (QED) is 0.559. The molecule has 0 aliphatic carbocycles. The molecule has 0 spiro atoms. The van der Waals surface area contributed by atoms with Crippen LogP contribution in [0, 0.1) is 0 Å². The summed E-state index contributed by atoms with van der Waals surface area (Å²) >= 11 is 0. The van der Waals surface area contributed by atoms with E-state index in [-0.39, 0.29) is 12.4 Å². The molecule has 0 bridgehead atoms. The molecule has 0 saturated carbocycles. The maximum absolute atomic E-state index is 10.9. The van der Waals surface area contributed by atoms with E-state index in [0.717, 1.165) is 5.56 Å². The van der Waals surface area contributed by atoms with Gasteiger partial charge in [-0.15, -0.1) is 0 Å². The molecule has 0 aromatic heterocycles. The molecule has 0 N–H and O–H groups in total. The second-order valence-electron chi connectivity index (χ2n) is 2.92. The zero-order valence-electron chi connectivity index (χ0n) is 8.90. The lowest BCUT2D eigenvalue weighted by Gasteiger charge is -2.05. The van der Waals surface area contributed by atoms with E-state index in [2.05, 4.69) is 4.74 Å². The fraction of sp³-hybridized carbons (Fsp3) is 0.250. The van der Waals surface area contributed by atoms with E-state index < -0.39 is 0 Å². The number of hydrogen-bond acceptors (Lipinski definition) is 3. The number of hydrogen-bond donors (Lipinski definition) is 0. The van der Waals surface area contributed by atoms with Gasteiger partial charge in [0, 0.05) is 5.56 Å². The Morgan fingerprint density at radius 2 is 1.87 bits per heavy atom. The van der Waals surface area contributed by atoms with Crippen molar-refractivity contribution in [2.45, 2.75) is 6.42 Å². The van der Waals surface area contributed by atoms with Gasteiger partial charge in [0.2, 0.25) is 0 Å². The number of rotatable bonds is 4. The van der Waals surface area contributed by atoms with Gasteiger partial charge in [-0.25, -0.2) is 0 Å². The minimum absolute atomic E-state index is 0.217. The van der Waals surface area contributed by atoms with Crippen LogP contribution in [0.1, 0.15) is 12.0 Å². The highest BCUT2D eigenvalue weighted by molar-refractivity contribution is 5.74. The minimum atomic E-state index is -0.277. The first kappa shape index (κ1) is 11.3. The third-order valence-electron chi connectivity index (χ3n) is 1.96. The van der Waals surface area contributed by atoms with Gasteiger partial charge in [0.1, 0.15) is 5.76 Å². The van der Waals surface area contributed by atoms with Gasteiger partial charge in [0.05, 0.1) is 20.6 Å². The molecule has 1 aromatic rings. The van der Waals surface area contributed by atoms with Crippen molar-refractivity contribution in [3.05, 3.63) is 42.0 Å². The maximum Gasteiger partial charge on any atom is 0.309 e. The molecule has 15 heavy (non-hydrogen) atoms. The van der Waals surface area contributed by atoms with Gasteiger partial charge in [0.25, 0.3) is 0 Å². The van der Waals surface area contributed by atoms with Crippen LogP contribution in [-0.4, -0.2) is 20.2 Å². The number of carbonyl (C=O) groups excluding carboxylic acids is 1. The summed E-state index contributed by atoms with van der Waals surface area (Å²) in [7, 11) is 2.95. The Balaban J connectivity index is 2.76. The Morgan fingerprint density at radius 3 is 2.40 bits per heavy atom. The molecule has 0 radical (unpaired) electrons. The second kappa shape index (κ2) is 5.86. The zero-order chi connectivity index (χ0) is 11.1. The smallest absolute Gasteiger partial charge is 0.309 e. The van der Waals surface area contributed by atoms with Crippen molar-refractivity contribution < 1.29 is 14.3 Å². The lowest BCUT2D eigenvalue weighted by atomic mass is 10.1. The molecule has 0 atom stereocenters. The van der Waals surface area contributed by atoms with E-state index in [1.54, 1.807) is 13.2 Å². The Labute approximate surface area is 89.3 Å². The predicted molar refractivity (Wildman–Crippen MR) is 58.1 cm³/mol. The standard InChI is InChI=1S/C12H14O3/c1-14-11(8-9-12(13)15-2)10-6-4-3-5-7-10/h3-8H,9H2,1-2H3/b11-8-. The number of methoxy groups -OCH3 is 2. The molecule has 3 heteroatoms. The average Bonchev–Trinajstić information content (AvgIpc) is 2.31. The highest BCUT2D eigenvalue weighted by Gasteiger charge is 2.02. The largest absolute Gasteiger partial charge is 0.496 e. The fourth-order valence-electron chi connectivity index (χ4n) is 1.18. The average molecular weight is 206 g/mol. The van der Waals surface area contributed by atoms with Crippen LogP contribution in [0.15, 0.2) is 36.4 Å². The van der Waals surface area contributed by atoms with Crippen molar-refractivity contribution in [2.24, 2.45) is 0 Å². The normalized spacial score (nSPS) is 10.9. The van der Waals surface area contributed by atoms with Crippen molar-refractivity contribution in [3.8, 4) is 0 Å². The number of carbonyl (C=O) groups is 1. The minimum Gasteiger partial charge on any atom is -0.496 e. The summed E-state index contributed by atoms with van der Waals surface area (Å²) in [4.78, 5) is 10.9. The van der Waals surface area contributed by atoms with Crippen LogP contribution in [0.25, 0.3) is 5.76 Å². The van der Waals surface area contributed by atoms with Crippen LogP contribution >= 0.6 is 0 Å². The van der Waals surface area contributed by atoms with Crippen LogP contribution < -0.4 is 0 Å². The highest BCUT2D eigenvalue weighted by Crippen LogP contribution is 2.14. The summed E-state index contributed by atoms with van der Waals surface area (Å²) in [6, 6.07) is 9.61. The fourth-order valence-corrected chi connectivity index (χ4v) is 1.18. The molecule has 0 amide bonds. The third kappa shape index (κ3) is 3.46. The molecular weight excluding hydrogens is 192 g/mol. The Hall–Kier alpha value is -1.77. The predicted octanol–water partition coefficient (Wildman–Crippen LogP) is 2.24. The third-order valence-corrected chi connectivity index (χ3v) is 1.96. The molecule has 1 aromatic carbocycles. The SMILES string of the molecule is COC(=O)C/C=C(\OC)c1ccccc1. The topological polar surface area (TPSA) is 35.5 Å². The maximum atomic E-state index is 10.9. The molecule has 0 aliphatic rings. The first-order valence-electron chi connectivity index (χ1n) is 4.64. The molecule has 0 aliphatic heterocycles. The molecule has 80 valence electrons.